The van der Waals surface area contributed by atoms with Gasteiger partial charge in [-0.15, -0.1) is 11.8 Å². The summed E-state index contributed by atoms with van der Waals surface area (Å²) in [7, 11) is 1.33. The number of allylic oxidation sites excluding steroid dienone is 1. The van der Waals surface area contributed by atoms with Crippen molar-refractivity contribution in [2.75, 3.05) is 12.9 Å². The highest BCUT2D eigenvalue weighted by atomic mass is 79.9. The molecule has 6 heteroatoms. The Morgan fingerprint density at radius 3 is 2.74 bits per heavy atom. The topological polar surface area (TPSA) is 73.9 Å². The molecule has 0 fully saturated rings. The molecule has 1 aromatic carbocycles. The lowest BCUT2D eigenvalue weighted by molar-refractivity contribution is -0.137. The number of esters is 1. The van der Waals surface area contributed by atoms with E-state index in [1.54, 1.807) is 24.3 Å². The monoisotopic (exact) mass is 336 g/mol. The average Bonchev–Trinajstić information content (AvgIpc) is 2.43. The standard InChI is InChI=1S/C13H9BrN2O2S/c1-18-13(17)8-19-12-5-11(14)3-2-10(12)4-9(6-15)7-16/h2-5H,8H2,1H3. The predicted molar refractivity (Wildman–Crippen MR) is 76.1 cm³/mol. The number of hydrogen-bond acceptors (Lipinski definition) is 5. The Labute approximate surface area is 123 Å². The molecule has 0 spiro atoms. The molecule has 0 N–H and O–H groups in total. The van der Waals surface area contributed by atoms with Crippen LogP contribution in [0.25, 0.3) is 6.08 Å². The maximum Gasteiger partial charge on any atom is 0.315 e. The highest BCUT2D eigenvalue weighted by Crippen LogP contribution is 2.28. The third-order valence-electron chi connectivity index (χ3n) is 2.09. The smallest absolute Gasteiger partial charge is 0.315 e. The molecule has 0 aliphatic carbocycles. The lowest BCUT2D eigenvalue weighted by atomic mass is 10.1. The summed E-state index contributed by atoms with van der Waals surface area (Å²) >= 11 is 4.63. The third-order valence-corrected chi connectivity index (χ3v) is 3.63. The van der Waals surface area contributed by atoms with Crippen LogP contribution in [0.15, 0.2) is 33.1 Å². The van der Waals surface area contributed by atoms with Gasteiger partial charge in [-0.05, 0) is 23.8 Å². The van der Waals surface area contributed by atoms with Gasteiger partial charge in [0.1, 0.15) is 17.7 Å². The minimum Gasteiger partial charge on any atom is -0.468 e. The van der Waals surface area contributed by atoms with Crippen molar-refractivity contribution >= 4 is 39.7 Å². The van der Waals surface area contributed by atoms with E-state index in [4.69, 9.17) is 10.5 Å². The molecule has 96 valence electrons. The second-order valence-corrected chi connectivity index (χ2v) is 5.26. The minimum atomic E-state index is -0.333. The van der Waals surface area contributed by atoms with Gasteiger partial charge in [-0.1, -0.05) is 22.0 Å². The van der Waals surface area contributed by atoms with E-state index in [0.717, 1.165) is 14.9 Å². The van der Waals surface area contributed by atoms with Gasteiger partial charge in [0.15, 0.2) is 0 Å². The lowest BCUT2D eigenvalue weighted by Crippen LogP contribution is -2.03. The Kier molecular flexibility index (Phi) is 6.14. The number of rotatable bonds is 4. The first-order valence-corrected chi connectivity index (χ1v) is 6.89. The van der Waals surface area contributed by atoms with Gasteiger partial charge in [0, 0.05) is 9.37 Å². The van der Waals surface area contributed by atoms with Crippen LogP contribution in [0, 0.1) is 22.7 Å². The van der Waals surface area contributed by atoms with Crippen LogP contribution in [0.4, 0.5) is 0 Å². The molecule has 0 saturated heterocycles. The summed E-state index contributed by atoms with van der Waals surface area (Å²) in [5.74, 6) is -0.164. The van der Waals surface area contributed by atoms with Gasteiger partial charge in [0.25, 0.3) is 0 Å². The van der Waals surface area contributed by atoms with E-state index in [2.05, 4.69) is 20.7 Å². The fraction of sp³-hybridized carbons (Fsp3) is 0.154. The van der Waals surface area contributed by atoms with Crippen LogP contribution in [-0.2, 0) is 9.53 Å². The maximum absolute atomic E-state index is 11.1. The van der Waals surface area contributed by atoms with Crippen molar-refractivity contribution in [3.8, 4) is 12.1 Å². The van der Waals surface area contributed by atoms with Crippen LogP contribution in [0.1, 0.15) is 5.56 Å². The van der Waals surface area contributed by atoms with Crippen molar-refractivity contribution in [2.24, 2.45) is 0 Å². The zero-order chi connectivity index (χ0) is 14.3. The van der Waals surface area contributed by atoms with Gasteiger partial charge in [0.05, 0.1) is 12.9 Å². The van der Waals surface area contributed by atoms with Crippen molar-refractivity contribution < 1.29 is 9.53 Å². The molecule has 0 unspecified atom stereocenters. The number of thioether (sulfide) groups is 1. The van der Waals surface area contributed by atoms with E-state index in [-0.39, 0.29) is 17.3 Å². The average molecular weight is 337 g/mol. The van der Waals surface area contributed by atoms with Crippen molar-refractivity contribution in [1.29, 1.82) is 10.5 Å². The number of hydrogen-bond donors (Lipinski definition) is 0. The minimum absolute atomic E-state index is 0.0160. The number of halogens is 1. The van der Waals surface area contributed by atoms with Gasteiger partial charge in [-0.3, -0.25) is 4.79 Å². The number of nitriles is 2. The molecule has 0 radical (unpaired) electrons. The molecule has 0 amide bonds. The molecule has 0 bridgehead atoms. The quantitative estimate of drug-likeness (QED) is 0.479. The van der Waals surface area contributed by atoms with Crippen LogP contribution in [-0.4, -0.2) is 18.8 Å². The second kappa shape index (κ2) is 7.63. The molecule has 1 rings (SSSR count). The number of benzene rings is 1. The zero-order valence-electron chi connectivity index (χ0n) is 10.0. The third kappa shape index (κ3) is 4.78. The summed E-state index contributed by atoms with van der Waals surface area (Å²) in [4.78, 5) is 11.9. The molecule has 0 atom stereocenters. The highest BCUT2D eigenvalue weighted by Gasteiger charge is 2.07. The highest BCUT2D eigenvalue weighted by molar-refractivity contribution is 9.10. The number of nitrogens with zero attached hydrogens (tertiary/aromatic N) is 2. The van der Waals surface area contributed by atoms with Crippen molar-refractivity contribution in [3.05, 3.63) is 33.8 Å². The fourth-order valence-corrected chi connectivity index (χ4v) is 2.60. The Hall–Kier alpha value is -1.76. The van der Waals surface area contributed by atoms with Gasteiger partial charge in [0.2, 0.25) is 0 Å². The Bertz CT molecular complexity index is 584. The SMILES string of the molecule is COC(=O)CSc1cc(Br)ccc1C=C(C#N)C#N. The van der Waals surface area contributed by atoms with E-state index in [9.17, 15) is 4.79 Å². The maximum atomic E-state index is 11.1. The van der Waals surface area contributed by atoms with E-state index in [0.29, 0.717) is 0 Å². The normalized spacial score (nSPS) is 9.05. The van der Waals surface area contributed by atoms with E-state index in [1.165, 1.54) is 24.9 Å². The Balaban J connectivity index is 3.06. The number of ether oxygens (including phenoxy) is 1. The van der Waals surface area contributed by atoms with Crippen molar-refractivity contribution in [3.63, 3.8) is 0 Å². The Morgan fingerprint density at radius 1 is 1.47 bits per heavy atom. The Morgan fingerprint density at radius 2 is 2.16 bits per heavy atom. The predicted octanol–water partition coefficient (Wildman–Crippen LogP) is 3.14. The molecular formula is C13H9BrN2O2S. The molecule has 0 heterocycles. The first-order chi connectivity index (χ1) is 9.10. The molecule has 0 aliphatic rings. The van der Waals surface area contributed by atoms with Gasteiger partial charge >= 0.3 is 5.97 Å². The van der Waals surface area contributed by atoms with Gasteiger partial charge in [-0.2, -0.15) is 10.5 Å². The number of carbonyl (C=O) groups is 1. The summed E-state index contributed by atoms with van der Waals surface area (Å²) in [5, 5.41) is 17.5. The summed E-state index contributed by atoms with van der Waals surface area (Å²) in [6.07, 6.45) is 1.49. The van der Waals surface area contributed by atoms with E-state index < -0.39 is 0 Å². The first-order valence-electron chi connectivity index (χ1n) is 5.11. The van der Waals surface area contributed by atoms with Crippen LogP contribution < -0.4 is 0 Å². The van der Waals surface area contributed by atoms with Gasteiger partial charge < -0.3 is 4.74 Å². The van der Waals surface area contributed by atoms with E-state index in [1.807, 2.05) is 6.07 Å². The summed E-state index contributed by atoms with van der Waals surface area (Å²) in [6, 6.07) is 9.02. The molecule has 0 aliphatic heterocycles. The van der Waals surface area contributed by atoms with Crippen molar-refractivity contribution in [2.45, 2.75) is 4.90 Å². The van der Waals surface area contributed by atoms with Crippen LogP contribution in [0.2, 0.25) is 0 Å². The van der Waals surface area contributed by atoms with Crippen LogP contribution in [0.5, 0.6) is 0 Å². The van der Waals surface area contributed by atoms with Crippen LogP contribution in [0.3, 0.4) is 0 Å². The summed E-state index contributed by atoms with van der Waals surface area (Å²) < 4.78 is 5.43. The summed E-state index contributed by atoms with van der Waals surface area (Å²) in [5.41, 5.74) is 0.734. The second-order valence-electron chi connectivity index (χ2n) is 3.33. The molecule has 4 nitrogen and oxygen atoms in total. The molecule has 1 aromatic rings. The van der Waals surface area contributed by atoms with Gasteiger partial charge in [-0.25, -0.2) is 0 Å². The fourth-order valence-electron chi connectivity index (χ4n) is 1.19. The molecular weight excluding hydrogens is 328 g/mol. The summed E-state index contributed by atoms with van der Waals surface area (Å²) in [6.45, 7) is 0. The molecule has 19 heavy (non-hydrogen) atoms. The number of methoxy groups -OCH3 is 1. The molecule has 0 aromatic heterocycles. The number of carbonyl (C=O) groups excluding carboxylic acids is 1. The first kappa shape index (κ1) is 15.3. The molecule has 0 saturated carbocycles. The van der Waals surface area contributed by atoms with Crippen molar-refractivity contribution in [1.82, 2.24) is 0 Å². The zero-order valence-corrected chi connectivity index (χ0v) is 12.4. The van der Waals surface area contributed by atoms with E-state index >= 15 is 0 Å². The largest absolute Gasteiger partial charge is 0.468 e. The lowest BCUT2D eigenvalue weighted by Gasteiger charge is -2.06. The van der Waals surface area contributed by atoms with Crippen LogP contribution >= 0.6 is 27.7 Å².